The van der Waals surface area contributed by atoms with Gasteiger partial charge in [-0.1, -0.05) is 18.0 Å². The Hall–Kier alpha value is -1.99. The SMILES string of the molecule is Cc1nn(C)c2ncc(-c3nc(C4(N)CCCC4)no3)cc12.Cl. The van der Waals surface area contributed by atoms with Crippen LogP contribution in [0, 0.1) is 6.92 Å². The molecule has 23 heavy (non-hydrogen) atoms. The number of pyridine rings is 1. The monoisotopic (exact) mass is 334 g/mol. The minimum atomic E-state index is -0.441. The van der Waals surface area contributed by atoms with Crippen LogP contribution in [-0.2, 0) is 12.6 Å². The largest absolute Gasteiger partial charge is 0.334 e. The first-order chi connectivity index (χ1) is 10.6. The number of fused-ring (bicyclic) bond motifs is 1. The maximum atomic E-state index is 6.38. The third-order valence-electron chi connectivity index (χ3n) is 4.48. The molecule has 8 heteroatoms. The van der Waals surface area contributed by atoms with E-state index in [1.165, 1.54) is 0 Å². The van der Waals surface area contributed by atoms with Crippen LogP contribution in [0.4, 0.5) is 0 Å². The van der Waals surface area contributed by atoms with Crippen LogP contribution < -0.4 is 5.73 Å². The molecule has 7 nitrogen and oxygen atoms in total. The van der Waals surface area contributed by atoms with Crippen LogP contribution >= 0.6 is 12.4 Å². The Kier molecular flexibility index (Phi) is 3.85. The maximum Gasteiger partial charge on any atom is 0.259 e. The highest BCUT2D eigenvalue weighted by Crippen LogP contribution is 2.35. The molecule has 0 aromatic carbocycles. The summed E-state index contributed by atoms with van der Waals surface area (Å²) in [6.07, 6.45) is 5.78. The molecule has 0 bridgehead atoms. The third kappa shape index (κ3) is 2.49. The zero-order chi connectivity index (χ0) is 15.3. The van der Waals surface area contributed by atoms with Gasteiger partial charge in [0.1, 0.15) is 0 Å². The fourth-order valence-corrected chi connectivity index (χ4v) is 3.20. The zero-order valence-electron chi connectivity index (χ0n) is 13.1. The van der Waals surface area contributed by atoms with Crippen molar-refractivity contribution in [3.63, 3.8) is 0 Å². The molecule has 3 aromatic rings. The Morgan fingerprint density at radius 1 is 1.30 bits per heavy atom. The molecule has 1 fully saturated rings. The Morgan fingerprint density at radius 2 is 2.04 bits per heavy atom. The Labute approximate surface area is 139 Å². The summed E-state index contributed by atoms with van der Waals surface area (Å²) in [5.74, 6) is 1.06. The number of hydrogen-bond donors (Lipinski definition) is 1. The van der Waals surface area contributed by atoms with Crippen LogP contribution in [0.25, 0.3) is 22.5 Å². The van der Waals surface area contributed by atoms with Crippen LogP contribution in [0.15, 0.2) is 16.8 Å². The van der Waals surface area contributed by atoms with Crippen molar-refractivity contribution in [2.45, 2.75) is 38.1 Å². The van der Waals surface area contributed by atoms with Crippen molar-refractivity contribution in [3.8, 4) is 11.5 Å². The number of aromatic nitrogens is 5. The van der Waals surface area contributed by atoms with Gasteiger partial charge in [-0.3, -0.25) is 4.68 Å². The topological polar surface area (TPSA) is 95.7 Å². The predicted octanol–water partition coefficient (Wildman–Crippen LogP) is 2.48. The minimum Gasteiger partial charge on any atom is -0.334 e. The first kappa shape index (κ1) is 15.9. The number of nitrogens with zero attached hydrogens (tertiary/aromatic N) is 5. The highest BCUT2D eigenvalue weighted by molar-refractivity contribution is 5.85. The van der Waals surface area contributed by atoms with Gasteiger partial charge in [0.2, 0.25) is 0 Å². The summed E-state index contributed by atoms with van der Waals surface area (Å²) in [4.78, 5) is 8.95. The standard InChI is InChI=1S/C15H18N6O.ClH/c1-9-11-7-10(8-17-12(11)21(2)19-9)13-18-14(20-22-13)15(16)5-3-4-6-15;/h7-8H,3-6,16H2,1-2H3;1H. The van der Waals surface area contributed by atoms with Crippen LogP contribution in [0.3, 0.4) is 0 Å². The molecule has 1 aliphatic carbocycles. The van der Waals surface area contributed by atoms with Gasteiger partial charge in [-0.05, 0) is 25.8 Å². The highest BCUT2D eigenvalue weighted by Gasteiger charge is 2.36. The molecule has 0 amide bonds. The molecule has 3 heterocycles. The van der Waals surface area contributed by atoms with E-state index in [2.05, 4.69) is 20.2 Å². The third-order valence-corrected chi connectivity index (χ3v) is 4.48. The van der Waals surface area contributed by atoms with Gasteiger partial charge in [0.25, 0.3) is 5.89 Å². The van der Waals surface area contributed by atoms with E-state index in [1.807, 2.05) is 20.0 Å². The Morgan fingerprint density at radius 3 is 2.78 bits per heavy atom. The van der Waals surface area contributed by atoms with E-state index in [9.17, 15) is 0 Å². The molecule has 122 valence electrons. The van der Waals surface area contributed by atoms with Crippen molar-refractivity contribution in [2.24, 2.45) is 12.8 Å². The first-order valence-electron chi connectivity index (χ1n) is 7.50. The molecule has 3 aromatic heterocycles. The second-order valence-electron chi connectivity index (χ2n) is 6.09. The van der Waals surface area contributed by atoms with E-state index >= 15 is 0 Å². The van der Waals surface area contributed by atoms with Gasteiger partial charge in [0, 0.05) is 18.6 Å². The van der Waals surface area contributed by atoms with Gasteiger partial charge >= 0.3 is 0 Å². The highest BCUT2D eigenvalue weighted by atomic mass is 35.5. The molecular formula is C15H19ClN6O. The quantitative estimate of drug-likeness (QED) is 0.773. The second kappa shape index (κ2) is 5.58. The van der Waals surface area contributed by atoms with Gasteiger partial charge in [0.05, 0.1) is 16.8 Å². The number of halogens is 1. The summed E-state index contributed by atoms with van der Waals surface area (Å²) in [7, 11) is 1.88. The van der Waals surface area contributed by atoms with Gasteiger partial charge < -0.3 is 10.3 Å². The Balaban J connectivity index is 0.00000156. The lowest BCUT2D eigenvalue weighted by Gasteiger charge is -2.17. The van der Waals surface area contributed by atoms with Gasteiger partial charge in [-0.15, -0.1) is 12.4 Å². The van der Waals surface area contributed by atoms with E-state index < -0.39 is 5.54 Å². The predicted molar refractivity (Wildman–Crippen MR) is 88.1 cm³/mol. The van der Waals surface area contributed by atoms with Crippen LogP contribution in [0.2, 0.25) is 0 Å². The molecule has 1 saturated carbocycles. The van der Waals surface area contributed by atoms with Gasteiger partial charge in [-0.25, -0.2) is 4.98 Å². The zero-order valence-corrected chi connectivity index (χ0v) is 13.9. The summed E-state index contributed by atoms with van der Waals surface area (Å²) in [6, 6.07) is 1.99. The molecule has 0 aliphatic heterocycles. The summed E-state index contributed by atoms with van der Waals surface area (Å²) in [5.41, 5.74) is 8.50. The summed E-state index contributed by atoms with van der Waals surface area (Å²) < 4.78 is 7.18. The number of nitrogens with two attached hydrogens (primary N) is 1. The van der Waals surface area contributed by atoms with E-state index in [0.717, 1.165) is 48.0 Å². The lowest BCUT2D eigenvalue weighted by atomic mass is 9.99. The average molecular weight is 335 g/mol. The molecule has 4 rings (SSSR count). The van der Waals surface area contributed by atoms with Crippen molar-refractivity contribution in [1.29, 1.82) is 0 Å². The van der Waals surface area contributed by atoms with Crippen LogP contribution in [0.1, 0.15) is 37.2 Å². The lowest BCUT2D eigenvalue weighted by Crippen LogP contribution is -2.34. The lowest BCUT2D eigenvalue weighted by molar-refractivity contribution is 0.372. The van der Waals surface area contributed by atoms with Crippen molar-refractivity contribution in [2.75, 3.05) is 0 Å². The molecule has 0 unspecified atom stereocenters. The fourth-order valence-electron chi connectivity index (χ4n) is 3.20. The van der Waals surface area contributed by atoms with Gasteiger partial charge in [0.15, 0.2) is 11.5 Å². The van der Waals surface area contributed by atoms with E-state index in [0.29, 0.717) is 11.7 Å². The molecule has 0 spiro atoms. The maximum absolute atomic E-state index is 6.38. The smallest absolute Gasteiger partial charge is 0.259 e. The van der Waals surface area contributed by atoms with Crippen molar-refractivity contribution in [3.05, 3.63) is 23.8 Å². The van der Waals surface area contributed by atoms with E-state index in [1.54, 1.807) is 10.9 Å². The van der Waals surface area contributed by atoms with E-state index in [-0.39, 0.29) is 12.4 Å². The van der Waals surface area contributed by atoms with Crippen molar-refractivity contribution in [1.82, 2.24) is 24.9 Å². The summed E-state index contributed by atoms with van der Waals surface area (Å²) in [5, 5.41) is 9.46. The van der Waals surface area contributed by atoms with Gasteiger partial charge in [-0.2, -0.15) is 10.1 Å². The fraction of sp³-hybridized carbons (Fsp3) is 0.467. The van der Waals surface area contributed by atoms with Crippen LogP contribution in [-0.4, -0.2) is 24.9 Å². The molecule has 1 aliphatic rings. The normalized spacial score (nSPS) is 16.7. The van der Waals surface area contributed by atoms with Crippen LogP contribution in [0.5, 0.6) is 0 Å². The molecule has 2 N–H and O–H groups in total. The number of hydrogen-bond acceptors (Lipinski definition) is 6. The van der Waals surface area contributed by atoms with E-state index in [4.69, 9.17) is 10.3 Å². The minimum absolute atomic E-state index is 0. The second-order valence-corrected chi connectivity index (χ2v) is 6.09. The van der Waals surface area contributed by atoms with Crippen molar-refractivity contribution < 1.29 is 4.52 Å². The first-order valence-corrected chi connectivity index (χ1v) is 7.50. The Bertz CT molecular complexity index is 849. The molecule has 0 saturated heterocycles. The molecule has 0 radical (unpaired) electrons. The summed E-state index contributed by atoms with van der Waals surface area (Å²) >= 11 is 0. The van der Waals surface area contributed by atoms with Crippen molar-refractivity contribution >= 4 is 23.4 Å². The number of aryl methyl sites for hydroxylation is 2. The molecular weight excluding hydrogens is 316 g/mol. The molecule has 0 atom stereocenters. The average Bonchev–Trinajstić information content (AvgIpc) is 3.20. The number of rotatable bonds is 2. The summed E-state index contributed by atoms with van der Waals surface area (Å²) in [6.45, 7) is 1.96.